The average Bonchev–Trinajstić information content (AvgIpc) is 2.78. The second kappa shape index (κ2) is 10.3. The zero-order valence-electron chi connectivity index (χ0n) is 18.9. The largest absolute Gasteiger partial charge is 0.489 e. The van der Waals surface area contributed by atoms with Gasteiger partial charge < -0.3 is 14.2 Å². The maximum atomic E-state index is 13.6. The molecule has 0 radical (unpaired) electrons. The van der Waals surface area contributed by atoms with Gasteiger partial charge in [0.05, 0.1) is 19.3 Å². The van der Waals surface area contributed by atoms with Crippen molar-refractivity contribution in [2.24, 2.45) is 5.92 Å². The SMILES string of the molecule is COC(=O)C1c2ccc(OCc3cc(F)cc(C(F)(F)F)c3)cc2CCN1C(=O)OCC(C)C. The van der Waals surface area contributed by atoms with Gasteiger partial charge in [0.1, 0.15) is 18.2 Å². The molecule has 0 N–H and O–H groups in total. The lowest BCUT2D eigenvalue weighted by Crippen LogP contribution is -2.44. The number of carbonyl (C=O) groups excluding carboxylic acids is 2. The van der Waals surface area contributed by atoms with Gasteiger partial charge in [0.15, 0.2) is 6.04 Å². The van der Waals surface area contributed by atoms with Gasteiger partial charge in [-0.15, -0.1) is 0 Å². The first-order valence-electron chi connectivity index (χ1n) is 10.6. The maximum absolute atomic E-state index is 13.6. The summed E-state index contributed by atoms with van der Waals surface area (Å²) in [6.07, 6.45) is -4.90. The van der Waals surface area contributed by atoms with Crippen LogP contribution in [0.1, 0.15) is 42.1 Å². The van der Waals surface area contributed by atoms with Crippen molar-refractivity contribution in [1.82, 2.24) is 4.90 Å². The number of halogens is 4. The molecule has 2 aromatic carbocycles. The van der Waals surface area contributed by atoms with Crippen molar-refractivity contribution in [3.8, 4) is 5.75 Å². The van der Waals surface area contributed by atoms with Crippen molar-refractivity contribution < 1.29 is 41.4 Å². The second-order valence-corrected chi connectivity index (χ2v) is 8.34. The monoisotopic (exact) mass is 483 g/mol. The fourth-order valence-corrected chi connectivity index (χ4v) is 3.64. The van der Waals surface area contributed by atoms with Crippen molar-refractivity contribution in [3.05, 3.63) is 64.5 Å². The van der Waals surface area contributed by atoms with Crippen LogP contribution >= 0.6 is 0 Å². The fourth-order valence-electron chi connectivity index (χ4n) is 3.64. The van der Waals surface area contributed by atoms with Crippen LogP contribution in [-0.4, -0.2) is 37.2 Å². The predicted molar refractivity (Wildman–Crippen MR) is 114 cm³/mol. The van der Waals surface area contributed by atoms with Crippen LogP contribution in [0.2, 0.25) is 0 Å². The van der Waals surface area contributed by atoms with Gasteiger partial charge in [-0.05, 0) is 59.4 Å². The predicted octanol–water partition coefficient (Wildman–Crippen LogP) is 5.29. The number of nitrogens with zero attached hydrogens (tertiary/aromatic N) is 1. The van der Waals surface area contributed by atoms with E-state index in [4.69, 9.17) is 14.2 Å². The molecule has 0 aliphatic carbocycles. The number of amides is 1. The van der Waals surface area contributed by atoms with Crippen LogP contribution in [0.25, 0.3) is 0 Å². The zero-order valence-corrected chi connectivity index (χ0v) is 18.9. The Morgan fingerprint density at radius 3 is 2.53 bits per heavy atom. The Hall–Kier alpha value is -3.30. The third-order valence-corrected chi connectivity index (χ3v) is 5.23. The molecule has 1 aliphatic rings. The molecule has 1 unspecified atom stereocenters. The molecular formula is C24H25F4NO5. The molecule has 34 heavy (non-hydrogen) atoms. The maximum Gasteiger partial charge on any atom is 0.416 e. The first-order chi connectivity index (χ1) is 16.0. The van der Waals surface area contributed by atoms with Crippen LogP contribution in [0, 0.1) is 11.7 Å². The van der Waals surface area contributed by atoms with E-state index in [1.807, 2.05) is 13.8 Å². The van der Waals surface area contributed by atoms with Crippen molar-refractivity contribution in [2.45, 2.75) is 39.1 Å². The van der Waals surface area contributed by atoms with E-state index in [1.54, 1.807) is 12.1 Å². The first-order valence-corrected chi connectivity index (χ1v) is 10.6. The lowest BCUT2D eigenvalue weighted by molar-refractivity contribution is -0.147. The number of rotatable bonds is 6. The van der Waals surface area contributed by atoms with Crippen LogP contribution in [0.15, 0.2) is 36.4 Å². The van der Waals surface area contributed by atoms with Crippen molar-refractivity contribution in [2.75, 3.05) is 20.3 Å². The molecule has 3 rings (SSSR count). The second-order valence-electron chi connectivity index (χ2n) is 8.34. The third kappa shape index (κ3) is 5.98. The number of carbonyl (C=O) groups is 2. The Labute approximate surface area is 194 Å². The molecule has 0 saturated heterocycles. The lowest BCUT2D eigenvalue weighted by Gasteiger charge is -2.35. The minimum absolute atomic E-state index is 0.0246. The van der Waals surface area contributed by atoms with Gasteiger partial charge in [0.25, 0.3) is 0 Å². The summed E-state index contributed by atoms with van der Waals surface area (Å²) in [5, 5.41) is 0. The van der Waals surface area contributed by atoms with Crippen LogP contribution in [0.4, 0.5) is 22.4 Å². The van der Waals surface area contributed by atoms with E-state index < -0.39 is 35.7 Å². The van der Waals surface area contributed by atoms with E-state index in [2.05, 4.69) is 0 Å². The molecule has 0 aromatic heterocycles. The topological polar surface area (TPSA) is 65.1 Å². The minimum atomic E-state index is -4.67. The summed E-state index contributed by atoms with van der Waals surface area (Å²) >= 11 is 0. The molecule has 0 spiro atoms. The molecular weight excluding hydrogens is 458 g/mol. The van der Waals surface area contributed by atoms with Gasteiger partial charge >= 0.3 is 18.2 Å². The number of ether oxygens (including phenoxy) is 3. The van der Waals surface area contributed by atoms with Gasteiger partial charge in [-0.2, -0.15) is 13.2 Å². The summed E-state index contributed by atoms with van der Waals surface area (Å²) in [5.74, 6) is -1.18. The summed E-state index contributed by atoms with van der Waals surface area (Å²) < 4.78 is 68.2. The average molecular weight is 483 g/mol. The van der Waals surface area contributed by atoms with E-state index in [0.717, 1.165) is 17.7 Å². The lowest BCUT2D eigenvalue weighted by atomic mass is 9.92. The Morgan fingerprint density at radius 2 is 1.88 bits per heavy atom. The van der Waals surface area contributed by atoms with Crippen molar-refractivity contribution in [1.29, 1.82) is 0 Å². The highest BCUT2D eigenvalue weighted by Gasteiger charge is 2.38. The third-order valence-electron chi connectivity index (χ3n) is 5.23. The molecule has 6 nitrogen and oxygen atoms in total. The molecule has 1 aliphatic heterocycles. The highest BCUT2D eigenvalue weighted by molar-refractivity contribution is 5.84. The summed E-state index contributed by atoms with van der Waals surface area (Å²) in [7, 11) is 1.22. The number of fused-ring (bicyclic) bond motifs is 1. The zero-order chi connectivity index (χ0) is 25.0. The molecule has 0 bridgehead atoms. The van der Waals surface area contributed by atoms with Gasteiger partial charge in [-0.25, -0.2) is 14.0 Å². The number of hydrogen-bond donors (Lipinski definition) is 0. The van der Waals surface area contributed by atoms with Gasteiger partial charge in [-0.3, -0.25) is 4.90 Å². The van der Waals surface area contributed by atoms with E-state index in [-0.39, 0.29) is 31.2 Å². The summed E-state index contributed by atoms with van der Waals surface area (Å²) in [4.78, 5) is 26.4. The Kier molecular flexibility index (Phi) is 7.68. The van der Waals surface area contributed by atoms with E-state index in [1.165, 1.54) is 18.1 Å². The molecule has 1 atom stereocenters. The molecule has 1 heterocycles. The first kappa shape index (κ1) is 25.3. The smallest absolute Gasteiger partial charge is 0.416 e. The van der Waals surface area contributed by atoms with E-state index in [0.29, 0.717) is 23.8 Å². The van der Waals surface area contributed by atoms with Crippen molar-refractivity contribution >= 4 is 12.1 Å². The van der Waals surface area contributed by atoms with Gasteiger partial charge in [0, 0.05) is 6.54 Å². The summed E-state index contributed by atoms with van der Waals surface area (Å²) in [6.45, 7) is 3.91. The Bertz CT molecular complexity index is 1050. The summed E-state index contributed by atoms with van der Waals surface area (Å²) in [6, 6.07) is 6.00. The number of benzene rings is 2. The van der Waals surface area contributed by atoms with E-state index >= 15 is 0 Å². The van der Waals surface area contributed by atoms with Crippen LogP contribution in [0.5, 0.6) is 5.75 Å². The van der Waals surface area contributed by atoms with Crippen molar-refractivity contribution in [3.63, 3.8) is 0 Å². The highest BCUT2D eigenvalue weighted by Crippen LogP contribution is 2.34. The van der Waals surface area contributed by atoms with Gasteiger partial charge in [0.2, 0.25) is 0 Å². The standard InChI is InChI=1S/C24H25F4NO5/c1-14(2)12-34-23(31)29-7-6-16-10-19(4-5-20(16)21(29)22(30)32-3)33-13-15-8-17(24(26,27)28)11-18(25)9-15/h4-5,8-11,14,21H,6-7,12-13H2,1-3H3. The van der Waals surface area contributed by atoms with Gasteiger partial charge in [-0.1, -0.05) is 19.9 Å². The Morgan fingerprint density at radius 1 is 1.15 bits per heavy atom. The molecule has 1 amide bonds. The van der Waals surface area contributed by atoms with Crippen LogP contribution < -0.4 is 4.74 Å². The molecule has 184 valence electrons. The molecule has 0 fully saturated rings. The minimum Gasteiger partial charge on any atom is -0.489 e. The van der Waals surface area contributed by atoms with Crippen LogP contribution in [-0.2, 0) is 33.5 Å². The normalized spacial score (nSPS) is 15.6. The number of hydrogen-bond acceptors (Lipinski definition) is 5. The quantitative estimate of drug-likeness (QED) is 0.413. The van der Waals surface area contributed by atoms with Crippen LogP contribution in [0.3, 0.4) is 0 Å². The molecule has 0 saturated carbocycles. The molecule has 2 aromatic rings. The fraction of sp³-hybridized carbons (Fsp3) is 0.417. The highest BCUT2D eigenvalue weighted by atomic mass is 19.4. The number of esters is 1. The number of alkyl halides is 3. The Balaban J connectivity index is 1.79. The summed E-state index contributed by atoms with van der Waals surface area (Å²) in [5.41, 5.74) is 0.187. The van der Waals surface area contributed by atoms with E-state index in [9.17, 15) is 27.2 Å². The molecule has 10 heteroatoms. The number of methoxy groups -OCH3 is 1.